The summed E-state index contributed by atoms with van der Waals surface area (Å²) in [5, 5.41) is 0. The fraction of sp³-hybridized carbons (Fsp3) is 0.133. The van der Waals surface area contributed by atoms with Crippen molar-refractivity contribution in [1.82, 2.24) is 0 Å². The van der Waals surface area contributed by atoms with Crippen LogP contribution in [0.15, 0.2) is 46.9 Å². The molecule has 0 amide bonds. The van der Waals surface area contributed by atoms with Crippen molar-refractivity contribution in [3.8, 4) is 16.9 Å². The van der Waals surface area contributed by atoms with E-state index < -0.39 is 6.36 Å². The Hall–Kier alpha value is -1.82. The fourth-order valence-corrected chi connectivity index (χ4v) is 2.30. The maximum absolute atomic E-state index is 12.1. The highest BCUT2D eigenvalue weighted by molar-refractivity contribution is 9.10. The summed E-state index contributed by atoms with van der Waals surface area (Å²) in [6.45, 7) is 1.45. The Balaban J connectivity index is 2.32. The Labute approximate surface area is 127 Å². The number of ether oxygens (including phenoxy) is 1. The van der Waals surface area contributed by atoms with Crippen molar-refractivity contribution in [3.63, 3.8) is 0 Å². The second kappa shape index (κ2) is 5.89. The zero-order valence-electron chi connectivity index (χ0n) is 10.9. The van der Waals surface area contributed by atoms with Crippen molar-refractivity contribution in [2.75, 3.05) is 0 Å². The van der Waals surface area contributed by atoms with Gasteiger partial charge in [0, 0.05) is 10.0 Å². The largest absolute Gasteiger partial charge is 0.573 e. The molecule has 0 aliphatic rings. The van der Waals surface area contributed by atoms with E-state index in [-0.39, 0.29) is 11.5 Å². The number of rotatable bonds is 3. The maximum atomic E-state index is 12.1. The summed E-state index contributed by atoms with van der Waals surface area (Å²) in [5.74, 6) is -0.373. The third-order valence-corrected chi connectivity index (χ3v) is 3.18. The average molecular weight is 359 g/mol. The molecule has 0 aliphatic carbocycles. The van der Waals surface area contributed by atoms with E-state index in [0.717, 1.165) is 10.0 Å². The predicted octanol–water partition coefficient (Wildman–Crippen LogP) is 5.22. The third-order valence-electron chi connectivity index (χ3n) is 2.73. The van der Waals surface area contributed by atoms with Crippen LogP contribution < -0.4 is 4.74 Å². The number of ketones is 1. The molecule has 0 heterocycles. The van der Waals surface area contributed by atoms with Crippen molar-refractivity contribution in [3.05, 3.63) is 52.5 Å². The van der Waals surface area contributed by atoms with Crippen molar-refractivity contribution in [2.24, 2.45) is 0 Å². The molecule has 0 atom stereocenters. The van der Waals surface area contributed by atoms with Crippen LogP contribution in [0, 0.1) is 0 Å². The van der Waals surface area contributed by atoms with Crippen LogP contribution in [0.25, 0.3) is 11.1 Å². The van der Waals surface area contributed by atoms with Crippen LogP contribution in [0.5, 0.6) is 5.75 Å². The van der Waals surface area contributed by atoms with Crippen LogP contribution in [0.3, 0.4) is 0 Å². The van der Waals surface area contributed by atoms with Crippen molar-refractivity contribution in [2.45, 2.75) is 13.3 Å². The molecule has 2 rings (SSSR count). The van der Waals surface area contributed by atoms with Gasteiger partial charge in [0.05, 0.1) is 0 Å². The minimum atomic E-state index is -4.71. The second-order valence-electron chi connectivity index (χ2n) is 4.36. The molecule has 2 nitrogen and oxygen atoms in total. The molecule has 0 saturated carbocycles. The SMILES string of the molecule is CC(=O)c1cc(Br)cc(-c2ccc(OC(F)(F)F)cc2)c1. The molecular formula is C15H10BrF3O2. The Morgan fingerprint density at radius 1 is 1.05 bits per heavy atom. The highest BCUT2D eigenvalue weighted by Crippen LogP contribution is 2.29. The van der Waals surface area contributed by atoms with Gasteiger partial charge in [-0.05, 0) is 48.4 Å². The quantitative estimate of drug-likeness (QED) is 0.703. The molecule has 0 spiro atoms. The Morgan fingerprint density at radius 3 is 2.19 bits per heavy atom. The molecule has 0 fully saturated rings. The summed E-state index contributed by atoms with van der Waals surface area (Å²) < 4.78 is 40.8. The smallest absolute Gasteiger partial charge is 0.406 e. The molecule has 0 radical (unpaired) electrons. The van der Waals surface area contributed by atoms with E-state index in [0.29, 0.717) is 11.1 Å². The number of hydrogen-bond donors (Lipinski definition) is 0. The number of carbonyl (C=O) groups excluding carboxylic acids is 1. The zero-order valence-corrected chi connectivity index (χ0v) is 12.5. The molecule has 0 aliphatic heterocycles. The number of halogens is 4. The zero-order chi connectivity index (χ0) is 15.6. The van der Waals surface area contributed by atoms with Crippen LogP contribution in [0.1, 0.15) is 17.3 Å². The van der Waals surface area contributed by atoms with E-state index in [1.165, 1.54) is 31.2 Å². The van der Waals surface area contributed by atoms with Crippen LogP contribution in [0.2, 0.25) is 0 Å². The Bertz CT molecular complexity index is 664. The lowest BCUT2D eigenvalue weighted by atomic mass is 10.0. The summed E-state index contributed by atoms with van der Waals surface area (Å²) in [5.41, 5.74) is 1.94. The van der Waals surface area contributed by atoms with Gasteiger partial charge in [-0.2, -0.15) is 0 Å². The number of Topliss-reactive ketones (excluding diaryl/α,β-unsaturated/α-hetero) is 1. The molecule has 110 valence electrons. The summed E-state index contributed by atoms with van der Waals surface area (Å²) in [4.78, 5) is 11.4. The lowest BCUT2D eigenvalue weighted by Crippen LogP contribution is -2.16. The van der Waals surface area contributed by atoms with Crippen LogP contribution in [-0.2, 0) is 0 Å². The maximum Gasteiger partial charge on any atom is 0.573 e. The number of carbonyl (C=O) groups is 1. The minimum absolute atomic E-state index is 0.0884. The topological polar surface area (TPSA) is 26.3 Å². The Kier molecular flexibility index (Phi) is 4.37. The monoisotopic (exact) mass is 358 g/mol. The standard InChI is InChI=1S/C15H10BrF3O2/c1-9(20)11-6-12(8-13(16)7-11)10-2-4-14(5-3-10)21-15(17,18)19/h2-8H,1H3. The minimum Gasteiger partial charge on any atom is -0.406 e. The van der Waals surface area contributed by atoms with E-state index >= 15 is 0 Å². The molecule has 0 bridgehead atoms. The molecule has 0 unspecified atom stereocenters. The van der Waals surface area contributed by atoms with E-state index in [9.17, 15) is 18.0 Å². The second-order valence-corrected chi connectivity index (χ2v) is 5.27. The highest BCUT2D eigenvalue weighted by Gasteiger charge is 2.30. The summed E-state index contributed by atoms with van der Waals surface area (Å²) in [7, 11) is 0. The average Bonchev–Trinajstić information content (AvgIpc) is 2.37. The van der Waals surface area contributed by atoms with Crippen LogP contribution in [-0.4, -0.2) is 12.1 Å². The molecule has 0 aromatic heterocycles. The fourth-order valence-electron chi connectivity index (χ4n) is 1.81. The number of alkyl halides is 3. The molecule has 0 saturated heterocycles. The molecule has 21 heavy (non-hydrogen) atoms. The first-order valence-electron chi connectivity index (χ1n) is 5.92. The molecule has 6 heteroatoms. The van der Waals surface area contributed by atoms with Crippen molar-refractivity contribution in [1.29, 1.82) is 0 Å². The van der Waals surface area contributed by atoms with Gasteiger partial charge in [-0.15, -0.1) is 13.2 Å². The molecule has 2 aromatic carbocycles. The van der Waals surface area contributed by atoms with Gasteiger partial charge in [0.15, 0.2) is 5.78 Å². The lowest BCUT2D eigenvalue weighted by molar-refractivity contribution is -0.274. The van der Waals surface area contributed by atoms with Gasteiger partial charge < -0.3 is 4.74 Å². The first-order chi connectivity index (χ1) is 9.74. The lowest BCUT2D eigenvalue weighted by Gasteiger charge is -2.10. The third kappa shape index (κ3) is 4.32. The van der Waals surface area contributed by atoms with E-state index in [1.807, 2.05) is 0 Å². The van der Waals surface area contributed by atoms with E-state index in [1.54, 1.807) is 18.2 Å². The van der Waals surface area contributed by atoms with E-state index in [2.05, 4.69) is 20.7 Å². The van der Waals surface area contributed by atoms with Gasteiger partial charge >= 0.3 is 6.36 Å². The summed E-state index contributed by atoms with van der Waals surface area (Å²) >= 11 is 3.31. The van der Waals surface area contributed by atoms with E-state index in [4.69, 9.17) is 0 Å². The predicted molar refractivity (Wildman–Crippen MR) is 76.3 cm³/mol. The first-order valence-corrected chi connectivity index (χ1v) is 6.71. The number of hydrogen-bond acceptors (Lipinski definition) is 2. The Morgan fingerprint density at radius 2 is 1.67 bits per heavy atom. The van der Waals surface area contributed by atoms with Gasteiger partial charge in [-0.1, -0.05) is 28.1 Å². The summed E-state index contributed by atoms with van der Waals surface area (Å²) in [6.07, 6.45) is -4.71. The molecular weight excluding hydrogens is 349 g/mol. The van der Waals surface area contributed by atoms with Gasteiger partial charge in [-0.3, -0.25) is 4.79 Å². The number of benzene rings is 2. The molecule has 2 aromatic rings. The van der Waals surface area contributed by atoms with Crippen LogP contribution >= 0.6 is 15.9 Å². The van der Waals surface area contributed by atoms with Crippen molar-refractivity contribution < 1.29 is 22.7 Å². The molecule has 0 N–H and O–H groups in total. The first kappa shape index (κ1) is 15.6. The highest BCUT2D eigenvalue weighted by atomic mass is 79.9. The van der Waals surface area contributed by atoms with Crippen molar-refractivity contribution >= 4 is 21.7 Å². The summed E-state index contributed by atoms with van der Waals surface area (Å²) in [6, 6.07) is 10.6. The van der Waals surface area contributed by atoms with Gasteiger partial charge in [0.2, 0.25) is 0 Å². The normalized spacial score (nSPS) is 11.3. The van der Waals surface area contributed by atoms with Gasteiger partial charge in [0.1, 0.15) is 5.75 Å². The van der Waals surface area contributed by atoms with Crippen LogP contribution in [0.4, 0.5) is 13.2 Å². The van der Waals surface area contributed by atoms with Gasteiger partial charge in [-0.25, -0.2) is 0 Å². The van der Waals surface area contributed by atoms with Gasteiger partial charge in [0.25, 0.3) is 0 Å².